The Morgan fingerprint density at radius 2 is 2.05 bits per heavy atom. The number of benzene rings is 1. The molecule has 21 heavy (non-hydrogen) atoms. The van der Waals surface area contributed by atoms with Gasteiger partial charge in [-0.05, 0) is 31.5 Å². The third kappa shape index (κ3) is 4.66. The fraction of sp³-hybridized carbons (Fsp3) is 0.467. The van der Waals surface area contributed by atoms with Crippen LogP contribution in [0.2, 0.25) is 0 Å². The van der Waals surface area contributed by atoms with E-state index < -0.39 is 0 Å². The van der Waals surface area contributed by atoms with Crippen LogP contribution in [0.1, 0.15) is 19.4 Å². The number of rotatable bonds is 4. The lowest BCUT2D eigenvalue weighted by Crippen LogP contribution is -2.35. The van der Waals surface area contributed by atoms with Crippen molar-refractivity contribution in [2.45, 2.75) is 26.4 Å². The van der Waals surface area contributed by atoms with E-state index in [1.807, 2.05) is 45.2 Å². The van der Waals surface area contributed by atoms with Crippen LogP contribution < -0.4 is 16.0 Å². The number of nitrogens with zero attached hydrogens (tertiary/aromatic N) is 2. The van der Waals surface area contributed by atoms with E-state index in [9.17, 15) is 4.79 Å². The lowest BCUT2D eigenvalue weighted by Gasteiger charge is -2.15. The summed E-state index contributed by atoms with van der Waals surface area (Å²) in [5, 5.41) is 8.90. The highest BCUT2D eigenvalue weighted by Gasteiger charge is 2.11. The van der Waals surface area contributed by atoms with E-state index in [1.54, 1.807) is 0 Å². The Balaban J connectivity index is 1.83. The van der Waals surface area contributed by atoms with Crippen LogP contribution in [0.25, 0.3) is 0 Å². The van der Waals surface area contributed by atoms with Gasteiger partial charge in [-0.1, -0.05) is 12.1 Å². The van der Waals surface area contributed by atoms with Gasteiger partial charge in [0.1, 0.15) is 0 Å². The SMILES string of the molecule is CC(C)NC(=O)Nc1ccc(CNC2=NCCN2C)cc1. The molecule has 0 aliphatic carbocycles. The van der Waals surface area contributed by atoms with Crippen molar-refractivity contribution < 1.29 is 4.79 Å². The van der Waals surface area contributed by atoms with E-state index in [0.717, 1.165) is 36.8 Å². The zero-order valence-corrected chi connectivity index (χ0v) is 12.8. The number of urea groups is 1. The maximum absolute atomic E-state index is 11.6. The number of anilines is 1. The van der Waals surface area contributed by atoms with Crippen molar-refractivity contribution in [2.75, 3.05) is 25.5 Å². The Morgan fingerprint density at radius 3 is 2.62 bits per heavy atom. The highest BCUT2D eigenvalue weighted by Crippen LogP contribution is 2.09. The van der Waals surface area contributed by atoms with Gasteiger partial charge in [0.2, 0.25) is 0 Å². The van der Waals surface area contributed by atoms with E-state index >= 15 is 0 Å². The van der Waals surface area contributed by atoms with Gasteiger partial charge < -0.3 is 20.9 Å². The van der Waals surface area contributed by atoms with Gasteiger partial charge in [0.05, 0.1) is 6.54 Å². The Hall–Kier alpha value is -2.24. The number of amides is 2. The van der Waals surface area contributed by atoms with Crippen LogP contribution in [-0.2, 0) is 6.54 Å². The maximum atomic E-state index is 11.6. The molecule has 0 spiro atoms. The number of nitrogens with one attached hydrogen (secondary N) is 3. The van der Waals surface area contributed by atoms with Crippen LogP contribution in [-0.4, -0.2) is 43.1 Å². The van der Waals surface area contributed by atoms with Crippen molar-refractivity contribution in [1.29, 1.82) is 0 Å². The van der Waals surface area contributed by atoms with Gasteiger partial charge in [0, 0.05) is 31.9 Å². The fourth-order valence-corrected chi connectivity index (χ4v) is 2.04. The average molecular weight is 289 g/mol. The molecular formula is C15H23N5O. The number of carbonyl (C=O) groups is 1. The number of aliphatic imine (C=N–C) groups is 1. The van der Waals surface area contributed by atoms with Crippen molar-refractivity contribution in [3.05, 3.63) is 29.8 Å². The molecule has 0 radical (unpaired) electrons. The van der Waals surface area contributed by atoms with Crippen molar-refractivity contribution in [3.8, 4) is 0 Å². The second-order valence-corrected chi connectivity index (χ2v) is 5.43. The van der Waals surface area contributed by atoms with Crippen LogP contribution >= 0.6 is 0 Å². The number of hydrogen-bond donors (Lipinski definition) is 3. The molecule has 0 bridgehead atoms. The molecule has 0 aromatic heterocycles. The van der Waals surface area contributed by atoms with Gasteiger partial charge in [0.25, 0.3) is 0 Å². The topological polar surface area (TPSA) is 68.8 Å². The van der Waals surface area contributed by atoms with E-state index in [4.69, 9.17) is 0 Å². The monoisotopic (exact) mass is 289 g/mol. The third-order valence-corrected chi connectivity index (χ3v) is 3.14. The summed E-state index contributed by atoms with van der Waals surface area (Å²) in [4.78, 5) is 18.1. The first-order valence-electron chi connectivity index (χ1n) is 7.20. The van der Waals surface area contributed by atoms with E-state index in [1.165, 1.54) is 0 Å². The molecule has 0 fully saturated rings. The molecule has 1 aliphatic rings. The normalized spacial score (nSPS) is 14.1. The van der Waals surface area contributed by atoms with Crippen molar-refractivity contribution in [3.63, 3.8) is 0 Å². The molecule has 1 aromatic carbocycles. The van der Waals surface area contributed by atoms with Crippen LogP contribution in [0.4, 0.5) is 10.5 Å². The number of carbonyl (C=O) groups excluding carboxylic acids is 1. The molecule has 6 nitrogen and oxygen atoms in total. The van der Waals surface area contributed by atoms with Gasteiger partial charge >= 0.3 is 6.03 Å². The molecule has 0 unspecified atom stereocenters. The third-order valence-electron chi connectivity index (χ3n) is 3.14. The maximum Gasteiger partial charge on any atom is 0.319 e. The first-order valence-corrected chi connectivity index (χ1v) is 7.20. The zero-order valence-electron chi connectivity index (χ0n) is 12.8. The summed E-state index contributed by atoms with van der Waals surface area (Å²) in [5.74, 6) is 0.938. The minimum Gasteiger partial charge on any atom is -0.352 e. The van der Waals surface area contributed by atoms with E-state index in [0.29, 0.717) is 0 Å². The first-order chi connectivity index (χ1) is 10.0. The van der Waals surface area contributed by atoms with Crippen molar-refractivity contribution in [1.82, 2.24) is 15.5 Å². The summed E-state index contributed by atoms with van der Waals surface area (Å²) in [6.07, 6.45) is 0. The van der Waals surface area contributed by atoms with Gasteiger partial charge in [-0.25, -0.2) is 4.79 Å². The average Bonchev–Trinajstić information content (AvgIpc) is 2.82. The first kappa shape index (κ1) is 15.2. The highest BCUT2D eigenvalue weighted by molar-refractivity contribution is 5.89. The van der Waals surface area contributed by atoms with Crippen molar-refractivity contribution in [2.24, 2.45) is 4.99 Å². The van der Waals surface area contributed by atoms with Gasteiger partial charge in [0.15, 0.2) is 5.96 Å². The second kappa shape index (κ2) is 6.97. The molecule has 0 saturated heterocycles. The fourth-order valence-electron chi connectivity index (χ4n) is 2.04. The summed E-state index contributed by atoms with van der Waals surface area (Å²) < 4.78 is 0. The summed E-state index contributed by atoms with van der Waals surface area (Å²) >= 11 is 0. The molecule has 3 N–H and O–H groups in total. The van der Waals surface area contributed by atoms with E-state index in [-0.39, 0.29) is 12.1 Å². The number of guanidine groups is 1. The lowest BCUT2D eigenvalue weighted by molar-refractivity contribution is 0.250. The molecule has 1 aromatic rings. The molecule has 2 amide bonds. The minimum atomic E-state index is -0.183. The zero-order chi connectivity index (χ0) is 15.2. The molecule has 114 valence electrons. The molecule has 6 heteroatoms. The second-order valence-electron chi connectivity index (χ2n) is 5.43. The quantitative estimate of drug-likeness (QED) is 0.789. The van der Waals surface area contributed by atoms with Crippen molar-refractivity contribution >= 4 is 17.7 Å². The Labute approximate surface area is 125 Å². The smallest absolute Gasteiger partial charge is 0.319 e. The summed E-state index contributed by atoms with van der Waals surface area (Å²) in [5.41, 5.74) is 1.93. The predicted octanol–water partition coefficient (Wildman–Crippen LogP) is 1.61. The summed E-state index contributed by atoms with van der Waals surface area (Å²) in [6.45, 7) is 6.40. The van der Waals surface area contributed by atoms with Gasteiger partial charge in [-0.3, -0.25) is 4.99 Å². The Kier molecular flexibility index (Phi) is 5.03. The van der Waals surface area contributed by atoms with Gasteiger partial charge in [-0.2, -0.15) is 0 Å². The van der Waals surface area contributed by atoms with Gasteiger partial charge in [-0.15, -0.1) is 0 Å². The van der Waals surface area contributed by atoms with Crippen LogP contribution in [0, 0.1) is 0 Å². The summed E-state index contributed by atoms with van der Waals surface area (Å²) in [7, 11) is 2.03. The predicted molar refractivity (Wildman–Crippen MR) is 85.5 cm³/mol. The molecule has 1 aliphatic heterocycles. The molecule has 1 heterocycles. The summed E-state index contributed by atoms with van der Waals surface area (Å²) in [6, 6.07) is 7.73. The Bertz CT molecular complexity index is 509. The van der Waals surface area contributed by atoms with Crippen LogP contribution in [0.3, 0.4) is 0 Å². The molecule has 0 saturated carbocycles. The molecular weight excluding hydrogens is 266 g/mol. The van der Waals surface area contributed by atoms with Crippen LogP contribution in [0.15, 0.2) is 29.3 Å². The highest BCUT2D eigenvalue weighted by atomic mass is 16.2. The largest absolute Gasteiger partial charge is 0.352 e. The van der Waals surface area contributed by atoms with Crippen LogP contribution in [0.5, 0.6) is 0 Å². The molecule has 2 rings (SSSR count). The lowest BCUT2D eigenvalue weighted by atomic mass is 10.2. The standard InChI is InChI=1S/C15H23N5O/c1-11(2)18-15(21)19-13-6-4-12(5-7-13)10-17-14-16-8-9-20(14)3/h4-7,11H,8-10H2,1-3H3,(H,16,17)(H2,18,19,21). The number of hydrogen-bond acceptors (Lipinski definition) is 4. The molecule has 0 atom stereocenters. The minimum absolute atomic E-state index is 0.123. The number of likely N-dealkylation sites (N-methyl/N-ethyl adjacent to an activating group) is 1. The Morgan fingerprint density at radius 1 is 1.33 bits per heavy atom. The van der Waals surface area contributed by atoms with E-state index in [2.05, 4.69) is 25.8 Å².